The van der Waals surface area contributed by atoms with Crippen LogP contribution in [0.1, 0.15) is 44.6 Å². The first-order chi connectivity index (χ1) is 8.27. The predicted molar refractivity (Wildman–Crippen MR) is 70.9 cm³/mol. The van der Waals surface area contributed by atoms with Crippen LogP contribution in [0.3, 0.4) is 0 Å². The lowest BCUT2D eigenvalue weighted by Gasteiger charge is -2.26. The highest BCUT2D eigenvalue weighted by molar-refractivity contribution is 5.81. The molecule has 0 amide bonds. The second-order valence-corrected chi connectivity index (χ2v) is 5.32. The summed E-state index contributed by atoms with van der Waals surface area (Å²) in [5.41, 5.74) is 1.39. The molecule has 1 aliphatic carbocycles. The van der Waals surface area contributed by atoms with Crippen molar-refractivity contribution in [1.29, 1.82) is 0 Å². The molecule has 1 fully saturated rings. The van der Waals surface area contributed by atoms with Crippen molar-refractivity contribution in [2.45, 2.75) is 45.4 Å². The fraction of sp³-hybridized carbons (Fsp3) is 0.562. The zero-order valence-electron chi connectivity index (χ0n) is 10.7. The van der Waals surface area contributed by atoms with E-state index in [1.54, 1.807) is 0 Å². The normalized spacial score (nSPS) is 22.4. The fourth-order valence-electron chi connectivity index (χ4n) is 2.85. The van der Waals surface area contributed by atoms with Gasteiger partial charge in [-0.2, -0.15) is 0 Å². The number of carbonyl (C=O) groups is 1. The summed E-state index contributed by atoms with van der Waals surface area (Å²) >= 11 is 0. The summed E-state index contributed by atoms with van der Waals surface area (Å²) in [5, 5.41) is 0. The predicted octanol–water partition coefficient (Wildman–Crippen LogP) is 4.01. The van der Waals surface area contributed by atoms with Crippen molar-refractivity contribution in [1.82, 2.24) is 0 Å². The molecule has 1 aromatic rings. The number of hydrogen-bond acceptors (Lipinski definition) is 1. The Hall–Kier alpha value is -1.11. The van der Waals surface area contributed by atoms with Gasteiger partial charge in [-0.05, 0) is 37.2 Å². The molecule has 0 aliphatic heterocycles. The summed E-state index contributed by atoms with van der Waals surface area (Å²) in [7, 11) is 0. The average molecular weight is 230 g/mol. The maximum absolute atomic E-state index is 11.8. The molecule has 0 unspecified atom stereocenters. The number of Topliss-reactive ketones (excluding diaryl/α,β-unsaturated/α-hetero) is 1. The standard InChI is InChI=1S/C16H22O/c1-13(15-9-5-6-10-16(15)17)11-12-14-7-3-2-4-8-14/h2-4,7-8,13,15H,5-6,9-12H2,1H3/t13-,15-/m1/s1. The molecule has 1 aromatic carbocycles. The van der Waals surface area contributed by atoms with Crippen LogP contribution in [0.5, 0.6) is 0 Å². The van der Waals surface area contributed by atoms with E-state index in [0.29, 0.717) is 17.6 Å². The molecule has 0 aromatic heterocycles. The van der Waals surface area contributed by atoms with Gasteiger partial charge < -0.3 is 0 Å². The molecule has 1 nitrogen and oxygen atoms in total. The van der Waals surface area contributed by atoms with E-state index in [0.717, 1.165) is 32.1 Å². The number of aryl methyl sites for hydroxylation is 1. The molecule has 0 saturated heterocycles. The highest BCUT2D eigenvalue weighted by Crippen LogP contribution is 2.29. The molecule has 2 atom stereocenters. The van der Waals surface area contributed by atoms with E-state index in [1.165, 1.54) is 12.0 Å². The van der Waals surface area contributed by atoms with Crippen LogP contribution in [0.15, 0.2) is 30.3 Å². The van der Waals surface area contributed by atoms with E-state index in [4.69, 9.17) is 0 Å². The molecule has 0 bridgehead atoms. The van der Waals surface area contributed by atoms with Crippen LogP contribution in [0.2, 0.25) is 0 Å². The van der Waals surface area contributed by atoms with Crippen molar-refractivity contribution in [3.63, 3.8) is 0 Å². The van der Waals surface area contributed by atoms with E-state index < -0.39 is 0 Å². The molecule has 0 spiro atoms. The highest BCUT2D eigenvalue weighted by atomic mass is 16.1. The maximum Gasteiger partial charge on any atom is 0.136 e. The smallest absolute Gasteiger partial charge is 0.136 e. The Kier molecular flexibility index (Phi) is 4.36. The van der Waals surface area contributed by atoms with E-state index in [9.17, 15) is 4.79 Å². The van der Waals surface area contributed by atoms with Crippen LogP contribution >= 0.6 is 0 Å². The van der Waals surface area contributed by atoms with Gasteiger partial charge in [-0.15, -0.1) is 0 Å². The first-order valence-electron chi connectivity index (χ1n) is 6.84. The van der Waals surface area contributed by atoms with E-state index >= 15 is 0 Å². The Morgan fingerprint density at radius 3 is 2.71 bits per heavy atom. The molecule has 0 N–H and O–H groups in total. The van der Waals surface area contributed by atoms with Crippen LogP contribution < -0.4 is 0 Å². The molecule has 1 saturated carbocycles. The fourth-order valence-corrected chi connectivity index (χ4v) is 2.85. The third-order valence-electron chi connectivity index (χ3n) is 4.02. The molecule has 2 rings (SSSR count). The second-order valence-electron chi connectivity index (χ2n) is 5.32. The largest absolute Gasteiger partial charge is 0.299 e. The minimum absolute atomic E-state index is 0.340. The first-order valence-corrected chi connectivity index (χ1v) is 6.84. The van der Waals surface area contributed by atoms with E-state index in [-0.39, 0.29) is 0 Å². The third kappa shape index (κ3) is 3.42. The molecular weight excluding hydrogens is 208 g/mol. The Morgan fingerprint density at radius 1 is 1.24 bits per heavy atom. The van der Waals surface area contributed by atoms with Gasteiger partial charge >= 0.3 is 0 Å². The van der Waals surface area contributed by atoms with Gasteiger partial charge in [0.25, 0.3) is 0 Å². The topological polar surface area (TPSA) is 17.1 Å². The number of hydrogen-bond donors (Lipinski definition) is 0. The Morgan fingerprint density at radius 2 is 2.00 bits per heavy atom. The zero-order chi connectivity index (χ0) is 12.1. The molecule has 17 heavy (non-hydrogen) atoms. The minimum atomic E-state index is 0.340. The Balaban J connectivity index is 1.84. The van der Waals surface area contributed by atoms with Gasteiger partial charge in [0.1, 0.15) is 5.78 Å². The highest BCUT2D eigenvalue weighted by Gasteiger charge is 2.26. The quantitative estimate of drug-likeness (QED) is 0.763. The van der Waals surface area contributed by atoms with Crippen molar-refractivity contribution in [2.24, 2.45) is 11.8 Å². The SMILES string of the molecule is C[C@H](CCc1ccccc1)[C@H]1CCCCC1=O. The van der Waals surface area contributed by atoms with Crippen molar-refractivity contribution < 1.29 is 4.79 Å². The zero-order valence-corrected chi connectivity index (χ0v) is 10.7. The summed E-state index contributed by atoms with van der Waals surface area (Å²) < 4.78 is 0. The monoisotopic (exact) mass is 230 g/mol. The number of rotatable bonds is 4. The summed E-state index contributed by atoms with van der Waals surface area (Å²) in [4.78, 5) is 11.8. The van der Waals surface area contributed by atoms with Gasteiger partial charge in [0.2, 0.25) is 0 Å². The summed E-state index contributed by atoms with van der Waals surface area (Å²) in [6.45, 7) is 2.25. The maximum atomic E-state index is 11.8. The van der Waals surface area contributed by atoms with Crippen molar-refractivity contribution in [3.05, 3.63) is 35.9 Å². The van der Waals surface area contributed by atoms with Crippen LogP contribution in [0, 0.1) is 11.8 Å². The molecule has 92 valence electrons. The van der Waals surface area contributed by atoms with Gasteiger partial charge in [-0.3, -0.25) is 4.79 Å². The average Bonchev–Trinajstić information content (AvgIpc) is 2.38. The van der Waals surface area contributed by atoms with Crippen LogP contribution in [0.4, 0.5) is 0 Å². The summed E-state index contributed by atoms with van der Waals surface area (Å²) in [5.74, 6) is 1.40. The van der Waals surface area contributed by atoms with Crippen molar-refractivity contribution >= 4 is 5.78 Å². The molecule has 1 heteroatoms. The van der Waals surface area contributed by atoms with Gasteiger partial charge in [0.05, 0.1) is 0 Å². The third-order valence-corrected chi connectivity index (χ3v) is 4.02. The van der Waals surface area contributed by atoms with Crippen LogP contribution in [-0.2, 0) is 11.2 Å². The number of ketones is 1. The lowest BCUT2D eigenvalue weighted by atomic mass is 9.78. The van der Waals surface area contributed by atoms with Gasteiger partial charge in [0.15, 0.2) is 0 Å². The molecular formula is C16H22O. The lowest BCUT2D eigenvalue weighted by Crippen LogP contribution is -2.25. The molecule has 1 aliphatic rings. The lowest BCUT2D eigenvalue weighted by molar-refractivity contribution is -0.126. The van der Waals surface area contributed by atoms with Gasteiger partial charge in [-0.25, -0.2) is 0 Å². The number of benzene rings is 1. The second kappa shape index (κ2) is 6.00. The van der Waals surface area contributed by atoms with E-state index in [1.807, 2.05) is 0 Å². The van der Waals surface area contributed by atoms with Crippen molar-refractivity contribution in [3.8, 4) is 0 Å². The number of carbonyl (C=O) groups excluding carboxylic acids is 1. The van der Waals surface area contributed by atoms with Gasteiger partial charge in [-0.1, -0.05) is 43.7 Å². The van der Waals surface area contributed by atoms with Gasteiger partial charge in [0, 0.05) is 12.3 Å². The molecule has 0 heterocycles. The Labute approximate surface area is 104 Å². The first kappa shape index (κ1) is 12.3. The van der Waals surface area contributed by atoms with E-state index in [2.05, 4.69) is 37.3 Å². The summed E-state index contributed by atoms with van der Waals surface area (Å²) in [6.07, 6.45) is 6.54. The minimum Gasteiger partial charge on any atom is -0.299 e. The Bertz CT molecular complexity index is 355. The summed E-state index contributed by atoms with van der Waals surface area (Å²) in [6, 6.07) is 10.6. The van der Waals surface area contributed by atoms with Crippen LogP contribution in [0.25, 0.3) is 0 Å². The van der Waals surface area contributed by atoms with Crippen molar-refractivity contribution in [2.75, 3.05) is 0 Å². The van der Waals surface area contributed by atoms with Crippen LogP contribution in [-0.4, -0.2) is 5.78 Å². The molecule has 0 radical (unpaired) electrons.